The SMILES string of the molecule is CC(C)NC(=O)N1CCCN(C(=O)Cc2ccc3ncoc3c2)CC1. The number of oxazole rings is 1. The van der Waals surface area contributed by atoms with Crippen LogP contribution in [-0.2, 0) is 11.2 Å². The van der Waals surface area contributed by atoms with Crippen molar-refractivity contribution in [3.63, 3.8) is 0 Å². The molecule has 25 heavy (non-hydrogen) atoms. The quantitative estimate of drug-likeness (QED) is 0.924. The maximum Gasteiger partial charge on any atom is 0.317 e. The Morgan fingerprint density at radius 2 is 1.96 bits per heavy atom. The third-order valence-corrected chi connectivity index (χ3v) is 4.30. The molecule has 1 aromatic heterocycles. The Balaban J connectivity index is 1.58. The second kappa shape index (κ2) is 7.55. The van der Waals surface area contributed by atoms with Gasteiger partial charge >= 0.3 is 6.03 Å². The van der Waals surface area contributed by atoms with E-state index >= 15 is 0 Å². The topological polar surface area (TPSA) is 78.7 Å². The molecule has 0 bridgehead atoms. The molecule has 1 N–H and O–H groups in total. The van der Waals surface area contributed by atoms with Crippen LogP contribution in [-0.4, -0.2) is 58.9 Å². The van der Waals surface area contributed by atoms with E-state index in [1.165, 1.54) is 6.39 Å². The number of nitrogens with one attached hydrogen (secondary N) is 1. The Labute approximate surface area is 147 Å². The zero-order valence-corrected chi connectivity index (χ0v) is 14.7. The summed E-state index contributed by atoms with van der Waals surface area (Å²) in [7, 11) is 0. The number of benzene rings is 1. The van der Waals surface area contributed by atoms with Crippen molar-refractivity contribution in [2.75, 3.05) is 26.2 Å². The average Bonchev–Trinajstić information content (AvgIpc) is 2.88. The summed E-state index contributed by atoms with van der Waals surface area (Å²) in [6.45, 7) is 6.36. The highest BCUT2D eigenvalue weighted by Crippen LogP contribution is 2.15. The van der Waals surface area contributed by atoms with Gasteiger partial charge in [-0.25, -0.2) is 9.78 Å². The zero-order valence-electron chi connectivity index (χ0n) is 14.7. The van der Waals surface area contributed by atoms with Crippen LogP contribution >= 0.6 is 0 Å². The Hall–Kier alpha value is -2.57. The van der Waals surface area contributed by atoms with Crippen LogP contribution in [0.1, 0.15) is 25.8 Å². The van der Waals surface area contributed by atoms with Gasteiger partial charge in [0.1, 0.15) is 5.52 Å². The van der Waals surface area contributed by atoms with Gasteiger partial charge in [0, 0.05) is 32.2 Å². The van der Waals surface area contributed by atoms with Crippen molar-refractivity contribution < 1.29 is 14.0 Å². The predicted octanol–water partition coefficient (Wildman–Crippen LogP) is 2.02. The van der Waals surface area contributed by atoms with Crippen LogP contribution in [0.25, 0.3) is 11.1 Å². The minimum Gasteiger partial charge on any atom is -0.443 e. The summed E-state index contributed by atoms with van der Waals surface area (Å²) in [5.74, 6) is 0.0741. The number of carbonyl (C=O) groups excluding carboxylic acids is 2. The van der Waals surface area contributed by atoms with Gasteiger partial charge in [0.05, 0.1) is 6.42 Å². The molecule has 7 nitrogen and oxygen atoms in total. The molecule has 3 amide bonds. The molecule has 0 spiro atoms. The lowest BCUT2D eigenvalue weighted by Crippen LogP contribution is -2.45. The van der Waals surface area contributed by atoms with Crippen molar-refractivity contribution in [1.29, 1.82) is 0 Å². The third kappa shape index (κ3) is 4.29. The minimum absolute atomic E-state index is 0.0555. The smallest absolute Gasteiger partial charge is 0.317 e. The predicted molar refractivity (Wildman–Crippen MR) is 94.2 cm³/mol. The number of amides is 3. The van der Waals surface area contributed by atoms with Crippen LogP contribution in [0.5, 0.6) is 0 Å². The van der Waals surface area contributed by atoms with Crippen molar-refractivity contribution in [3.05, 3.63) is 30.2 Å². The highest BCUT2D eigenvalue weighted by molar-refractivity contribution is 5.81. The van der Waals surface area contributed by atoms with E-state index in [1.54, 1.807) is 4.90 Å². The van der Waals surface area contributed by atoms with Gasteiger partial charge in [-0.1, -0.05) is 6.07 Å². The number of carbonyl (C=O) groups is 2. The number of fused-ring (bicyclic) bond motifs is 1. The number of rotatable bonds is 3. The second-order valence-corrected chi connectivity index (χ2v) is 6.66. The fourth-order valence-corrected chi connectivity index (χ4v) is 3.00. The van der Waals surface area contributed by atoms with E-state index in [4.69, 9.17) is 4.42 Å². The molecule has 7 heteroatoms. The van der Waals surface area contributed by atoms with E-state index in [1.807, 2.05) is 36.9 Å². The first kappa shape index (κ1) is 17.3. The van der Waals surface area contributed by atoms with Gasteiger partial charge in [0.2, 0.25) is 5.91 Å². The summed E-state index contributed by atoms with van der Waals surface area (Å²) >= 11 is 0. The van der Waals surface area contributed by atoms with E-state index < -0.39 is 0 Å². The molecular formula is C18H24N4O3. The van der Waals surface area contributed by atoms with E-state index in [0.717, 1.165) is 17.5 Å². The molecule has 0 aliphatic carbocycles. The van der Waals surface area contributed by atoms with Crippen LogP contribution in [0.2, 0.25) is 0 Å². The third-order valence-electron chi connectivity index (χ3n) is 4.30. The fraction of sp³-hybridized carbons (Fsp3) is 0.500. The lowest BCUT2D eigenvalue weighted by molar-refractivity contribution is -0.130. The normalized spacial score (nSPS) is 15.5. The zero-order chi connectivity index (χ0) is 17.8. The van der Waals surface area contributed by atoms with Gasteiger partial charge in [0.25, 0.3) is 0 Å². The van der Waals surface area contributed by atoms with Crippen molar-refractivity contribution in [2.24, 2.45) is 0 Å². The van der Waals surface area contributed by atoms with E-state index in [9.17, 15) is 9.59 Å². The Morgan fingerprint density at radius 3 is 2.76 bits per heavy atom. The Morgan fingerprint density at radius 1 is 1.20 bits per heavy atom. The molecule has 134 valence electrons. The van der Waals surface area contributed by atoms with Crippen molar-refractivity contribution >= 4 is 23.0 Å². The molecule has 1 fully saturated rings. The summed E-state index contributed by atoms with van der Waals surface area (Å²) in [5, 5.41) is 2.91. The molecule has 0 saturated carbocycles. The van der Waals surface area contributed by atoms with Crippen molar-refractivity contribution in [3.8, 4) is 0 Å². The molecule has 2 aromatic rings. The standard InChI is InChI=1S/C18H24N4O3/c1-13(2)20-18(24)22-7-3-6-21(8-9-22)17(23)11-14-4-5-15-16(10-14)25-12-19-15/h4-5,10,12-13H,3,6-9,11H2,1-2H3,(H,20,24). The fourth-order valence-electron chi connectivity index (χ4n) is 3.00. The number of hydrogen-bond acceptors (Lipinski definition) is 4. The summed E-state index contributed by atoms with van der Waals surface area (Å²) in [5.41, 5.74) is 2.39. The largest absolute Gasteiger partial charge is 0.443 e. The molecule has 0 atom stereocenters. The van der Waals surface area contributed by atoms with Gasteiger partial charge < -0.3 is 19.5 Å². The average molecular weight is 344 g/mol. The van der Waals surface area contributed by atoms with Gasteiger partial charge in [-0.3, -0.25) is 4.79 Å². The molecule has 1 aliphatic rings. The van der Waals surface area contributed by atoms with Crippen LogP contribution in [0.4, 0.5) is 4.79 Å². The van der Waals surface area contributed by atoms with Crippen LogP contribution in [0.3, 0.4) is 0 Å². The van der Waals surface area contributed by atoms with Crippen LogP contribution < -0.4 is 5.32 Å². The minimum atomic E-state index is -0.0555. The summed E-state index contributed by atoms with van der Waals surface area (Å²) in [6, 6.07) is 5.69. The van der Waals surface area contributed by atoms with Crippen LogP contribution in [0, 0.1) is 0 Å². The van der Waals surface area contributed by atoms with Crippen LogP contribution in [0.15, 0.2) is 29.0 Å². The molecule has 1 saturated heterocycles. The van der Waals surface area contributed by atoms with E-state index in [0.29, 0.717) is 38.2 Å². The van der Waals surface area contributed by atoms with Crippen molar-refractivity contribution in [2.45, 2.75) is 32.7 Å². The first-order valence-electron chi connectivity index (χ1n) is 8.68. The molecule has 0 radical (unpaired) electrons. The second-order valence-electron chi connectivity index (χ2n) is 6.66. The molecule has 1 aromatic carbocycles. The molecular weight excluding hydrogens is 320 g/mol. The van der Waals surface area contributed by atoms with E-state index in [2.05, 4.69) is 10.3 Å². The molecule has 0 unspecified atom stereocenters. The molecule has 2 heterocycles. The number of hydrogen-bond donors (Lipinski definition) is 1. The lowest BCUT2D eigenvalue weighted by atomic mass is 10.1. The van der Waals surface area contributed by atoms with Gasteiger partial charge in [-0.05, 0) is 38.0 Å². The Bertz CT molecular complexity index is 756. The highest BCUT2D eigenvalue weighted by atomic mass is 16.3. The summed E-state index contributed by atoms with van der Waals surface area (Å²) < 4.78 is 5.29. The van der Waals surface area contributed by atoms with Crippen molar-refractivity contribution in [1.82, 2.24) is 20.1 Å². The van der Waals surface area contributed by atoms with E-state index in [-0.39, 0.29) is 18.0 Å². The maximum atomic E-state index is 12.6. The monoisotopic (exact) mass is 344 g/mol. The lowest BCUT2D eigenvalue weighted by Gasteiger charge is -2.23. The summed E-state index contributed by atoms with van der Waals surface area (Å²) in [4.78, 5) is 32.4. The molecule has 1 aliphatic heterocycles. The summed E-state index contributed by atoms with van der Waals surface area (Å²) in [6.07, 6.45) is 2.52. The number of urea groups is 1. The maximum absolute atomic E-state index is 12.6. The molecule has 3 rings (SSSR count). The number of nitrogens with zero attached hydrogens (tertiary/aromatic N) is 3. The van der Waals surface area contributed by atoms with Gasteiger partial charge in [-0.15, -0.1) is 0 Å². The highest BCUT2D eigenvalue weighted by Gasteiger charge is 2.22. The first-order chi connectivity index (χ1) is 12.0. The van der Waals surface area contributed by atoms with Gasteiger partial charge in [-0.2, -0.15) is 0 Å². The van der Waals surface area contributed by atoms with Gasteiger partial charge in [0.15, 0.2) is 12.0 Å². The Kier molecular flexibility index (Phi) is 5.21. The first-order valence-corrected chi connectivity index (χ1v) is 8.68. The number of aromatic nitrogens is 1.